The molecule has 0 saturated carbocycles. The third-order valence-corrected chi connectivity index (χ3v) is 4.82. The Labute approximate surface area is 178 Å². The number of aromatic nitrogens is 2. The summed E-state index contributed by atoms with van der Waals surface area (Å²) in [5, 5.41) is 9.10. The maximum atomic E-state index is 11.1. The number of nitrogens with zero attached hydrogens (tertiary/aromatic N) is 2. The molecule has 0 fully saturated rings. The smallest absolute Gasteiger partial charge is 0.354 e. The van der Waals surface area contributed by atoms with Gasteiger partial charge in [-0.25, -0.2) is 14.8 Å². The zero-order valence-electron chi connectivity index (χ0n) is 16.6. The Balaban J connectivity index is 1.82. The Hall–Kier alpha value is -4.32. The van der Waals surface area contributed by atoms with Crippen molar-refractivity contribution in [1.82, 2.24) is 9.97 Å². The summed E-state index contributed by atoms with van der Waals surface area (Å²) in [6.07, 6.45) is 1.51. The van der Waals surface area contributed by atoms with Crippen LogP contribution in [0.5, 0.6) is 5.75 Å². The van der Waals surface area contributed by atoms with Gasteiger partial charge in [0.1, 0.15) is 11.4 Å². The molecule has 0 aliphatic heterocycles. The number of aromatic carboxylic acids is 1. The predicted octanol–water partition coefficient (Wildman–Crippen LogP) is 5.02. The first-order valence-electron chi connectivity index (χ1n) is 9.53. The van der Waals surface area contributed by atoms with E-state index < -0.39 is 5.97 Å². The molecule has 0 aliphatic rings. The van der Waals surface area contributed by atoms with E-state index in [1.54, 1.807) is 18.2 Å². The molecule has 0 spiro atoms. The Bertz CT molecular complexity index is 1230. The largest absolute Gasteiger partial charge is 0.477 e. The van der Waals surface area contributed by atoms with Crippen LogP contribution >= 0.6 is 0 Å². The summed E-state index contributed by atoms with van der Waals surface area (Å²) in [6.45, 7) is 2.42. The van der Waals surface area contributed by atoms with Crippen LogP contribution in [0.4, 0.5) is 0 Å². The molecular formula is C25H18N2O4. The number of hydrogen-bond acceptors (Lipinski definition) is 5. The molecule has 2 aromatic heterocycles. The van der Waals surface area contributed by atoms with Crippen molar-refractivity contribution in [1.29, 1.82) is 0 Å². The van der Waals surface area contributed by atoms with Crippen molar-refractivity contribution in [2.45, 2.75) is 6.92 Å². The lowest BCUT2D eigenvalue weighted by Crippen LogP contribution is -1.99. The fraction of sp³-hybridized carbons (Fsp3) is 0.0400. The minimum Gasteiger partial charge on any atom is -0.477 e. The highest BCUT2D eigenvalue weighted by atomic mass is 16.5. The number of hydrogen-bond donors (Lipinski definition) is 1. The van der Waals surface area contributed by atoms with E-state index in [-0.39, 0.29) is 5.69 Å². The van der Waals surface area contributed by atoms with E-state index in [1.807, 2.05) is 55.5 Å². The van der Waals surface area contributed by atoms with Crippen molar-refractivity contribution < 1.29 is 19.4 Å². The van der Waals surface area contributed by atoms with Crippen molar-refractivity contribution in [3.63, 3.8) is 0 Å². The molecule has 4 aromatic rings. The summed E-state index contributed by atoms with van der Waals surface area (Å²) in [5.41, 5.74) is 6.09. The maximum Gasteiger partial charge on any atom is 0.354 e. The van der Waals surface area contributed by atoms with Gasteiger partial charge in [-0.3, -0.25) is 4.79 Å². The van der Waals surface area contributed by atoms with Crippen molar-refractivity contribution in [2.24, 2.45) is 0 Å². The lowest BCUT2D eigenvalue weighted by molar-refractivity contribution is -0.120. The fourth-order valence-electron chi connectivity index (χ4n) is 3.17. The van der Waals surface area contributed by atoms with Gasteiger partial charge in [-0.1, -0.05) is 42.0 Å². The van der Waals surface area contributed by atoms with Gasteiger partial charge in [0.25, 0.3) is 6.47 Å². The van der Waals surface area contributed by atoms with Gasteiger partial charge in [-0.05, 0) is 54.4 Å². The van der Waals surface area contributed by atoms with E-state index in [9.17, 15) is 9.59 Å². The molecule has 2 aromatic carbocycles. The molecule has 0 amide bonds. The van der Waals surface area contributed by atoms with Gasteiger partial charge < -0.3 is 9.84 Å². The molecule has 152 valence electrons. The number of pyridine rings is 2. The molecule has 0 saturated heterocycles. The second-order valence-electron chi connectivity index (χ2n) is 6.97. The highest BCUT2D eigenvalue weighted by Crippen LogP contribution is 2.31. The zero-order chi connectivity index (χ0) is 21.8. The monoisotopic (exact) mass is 410 g/mol. The molecule has 2 heterocycles. The molecule has 0 radical (unpaired) electrons. The molecule has 1 N–H and O–H groups in total. The van der Waals surface area contributed by atoms with Crippen LogP contribution in [0.15, 0.2) is 79.0 Å². The van der Waals surface area contributed by atoms with Crippen molar-refractivity contribution in [3.8, 4) is 39.4 Å². The number of carboxylic acids is 1. The van der Waals surface area contributed by atoms with E-state index in [0.717, 1.165) is 27.9 Å². The van der Waals surface area contributed by atoms with Crippen molar-refractivity contribution in [2.75, 3.05) is 0 Å². The third kappa shape index (κ3) is 4.48. The first-order chi connectivity index (χ1) is 15.0. The van der Waals surface area contributed by atoms with Gasteiger partial charge in [0, 0.05) is 17.3 Å². The van der Waals surface area contributed by atoms with E-state index in [2.05, 4.69) is 4.98 Å². The molecule has 0 bridgehead atoms. The SMILES string of the molecule is Cc1ccc(-c2cc(-c3ccc(OC=O)cc3)cc(-c3ccc(C(=O)O)nc3)n2)cc1. The predicted molar refractivity (Wildman–Crippen MR) is 117 cm³/mol. The van der Waals surface area contributed by atoms with Crippen LogP contribution in [0, 0.1) is 6.92 Å². The number of benzene rings is 2. The van der Waals surface area contributed by atoms with Crippen LogP contribution in [0.2, 0.25) is 0 Å². The molecular weight excluding hydrogens is 392 g/mol. The molecule has 0 atom stereocenters. The van der Waals surface area contributed by atoms with E-state index in [4.69, 9.17) is 14.8 Å². The topological polar surface area (TPSA) is 89.4 Å². The van der Waals surface area contributed by atoms with Crippen LogP contribution in [0.1, 0.15) is 16.1 Å². The summed E-state index contributed by atoms with van der Waals surface area (Å²) in [6, 6.07) is 22.3. The molecule has 6 heteroatoms. The minimum absolute atomic E-state index is 0.0237. The quantitative estimate of drug-likeness (QED) is 0.449. The summed E-state index contributed by atoms with van der Waals surface area (Å²) in [5.74, 6) is -0.619. The van der Waals surface area contributed by atoms with Crippen molar-refractivity contribution in [3.05, 3.63) is 90.3 Å². The van der Waals surface area contributed by atoms with Gasteiger partial charge in [0.15, 0.2) is 0 Å². The van der Waals surface area contributed by atoms with Crippen LogP contribution < -0.4 is 4.74 Å². The van der Waals surface area contributed by atoms with Gasteiger partial charge in [-0.15, -0.1) is 0 Å². The number of carboxylic acid groups (broad SMARTS) is 1. The van der Waals surface area contributed by atoms with Gasteiger partial charge in [0.05, 0.1) is 11.4 Å². The number of aryl methyl sites for hydroxylation is 1. The number of ether oxygens (including phenoxy) is 1. The lowest BCUT2D eigenvalue weighted by Gasteiger charge is -2.11. The molecule has 0 unspecified atom stereocenters. The summed E-state index contributed by atoms with van der Waals surface area (Å²) >= 11 is 0. The van der Waals surface area contributed by atoms with Gasteiger partial charge in [0.2, 0.25) is 0 Å². The van der Waals surface area contributed by atoms with Crippen LogP contribution in [0.3, 0.4) is 0 Å². The first kappa shape index (κ1) is 20.0. The van der Waals surface area contributed by atoms with E-state index in [0.29, 0.717) is 23.5 Å². The summed E-state index contributed by atoms with van der Waals surface area (Å²) in [4.78, 5) is 30.5. The highest BCUT2D eigenvalue weighted by molar-refractivity contribution is 5.86. The Kier molecular flexibility index (Phi) is 5.53. The summed E-state index contributed by atoms with van der Waals surface area (Å²) < 4.78 is 4.88. The molecule has 6 nitrogen and oxygen atoms in total. The normalized spacial score (nSPS) is 10.5. The lowest BCUT2D eigenvalue weighted by atomic mass is 10.00. The summed E-state index contributed by atoms with van der Waals surface area (Å²) in [7, 11) is 0. The average Bonchev–Trinajstić information content (AvgIpc) is 2.80. The second kappa shape index (κ2) is 8.59. The second-order valence-corrected chi connectivity index (χ2v) is 6.97. The first-order valence-corrected chi connectivity index (χ1v) is 9.53. The number of carbonyl (C=O) groups is 2. The van der Waals surface area contributed by atoms with Crippen LogP contribution in [-0.2, 0) is 4.79 Å². The molecule has 4 rings (SSSR count). The van der Waals surface area contributed by atoms with E-state index in [1.165, 1.54) is 12.3 Å². The number of carbonyl (C=O) groups excluding carboxylic acids is 1. The van der Waals surface area contributed by atoms with Gasteiger partial charge >= 0.3 is 5.97 Å². The Morgan fingerprint density at radius 2 is 1.45 bits per heavy atom. The fourth-order valence-corrected chi connectivity index (χ4v) is 3.17. The Morgan fingerprint density at radius 3 is 2.03 bits per heavy atom. The highest BCUT2D eigenvalue weighted by Gasteiger charge is 2.11. The minimum atomic E-state index is -1.08. The molecule has 0 aliphatic carbocycles. The van der Waals surface area contributed by atoms with E-state index >= 15 is 0 Å². The van der Waals surface area contributed by atoms with Crippen LogP contribution in [0.25, 0.3) is 33.6 Å². The third-order valence-electron chi connectivity index (χ3n) is 4.82. The number of rotatable bonds is 6. The van der Waals surface area contributed by atoms with Gasteiger partial charge in [-0.2, -0.15) is 0 Å². The maximum absolute atomic E-state index is 11.1. The van der Waals surface area contributed by atoms with Crippen molar-refractivity contribution >= 4 is 12.4 Å². The Morgan fingerprint density at radius 1 is 0.839 bits per heavy atom. The zero-order valence-corrected chi connectivity index (χ0v) is 16.6. The standard InChI is InChI=1S/C25H18N2O4/c1-16-2-4-18(5-3-16)23-12-20(17-6-9-21(10-7-17)31-15-28)13-24(27-23)19-8-11-22(25(29)30)26-14-19/h2-15H,1H3,(H,29,30). The average molecular weight is 410 g/mol. The molecule has 31 heavy (non-hydrogen) atoms. The van der Waals surface area contributed by atoms with Crippen LogP contribution in [-0.4, -0.2) is 27.5 Å².